The van der Waals surface area contributed by atoms with Crippen molar-refractivity contribution in [3.05, 3.63) is 69.6 Å². The van der Waals surface area contributed by atoms with Gasteiger partial charge in [0.25, 0.3) is 5.91 Å². The Hall–Kier alpha value is -2.17. The van der Waals surface area contributed by atoms with Gasteiger partial charge in [-0.15, -0.1) is 11.3 Å². The van der Waals surface area contributed by atoms with Crippen LogP contribution in [0.25, 0.3) is 10.1 Å². The lowest BCUT2D eigenvalue weighted by atomic mass is 9.77. The standard InChI is InChI=1S/C28H35NO2S/c1-19-4-13-25-20(2)27(32-26(25)18-19)28(30)29-16-14-21-5-9-23(10-6-21)24-11-7-22(8-12-24)15-17-31-3/h4-6,9-10,13,18,22,24H,7-8,11-12,14-17H2,1-3H3,(H,29,30). The van der Waals surface area contributed by atoms with Crippen LogP contribution in [-0.4, -0.2) is 26.2 Å². The van der Waals surface area contributed by atoms with Crippen LogP contribution >= 0.6 is 11.3 Å². The Kier molecular flexibility index (Phi) is 7.64. The molecule has 4 rings (SSSR count). The second-order valence-electron chi connectivity index (χ2n) is 9.30. The fourth-order valence-electron chi connectivity index (χ4n) is 4.98. The molecule has 3 nitrogen and oxygen atoms in total. The Morgan fingerprint density at radius 2 is 1.81 bits per heavy atom. The topological polar surface area (TPSA) is 38.3 Å². The number of amides is 1. The van der Waals surface area contributed by atoms with E-state index < -0.39 is 0 Å². The summed E-state index contributed by atoms with van der Waals surface area (Å²) in [6.45, 7) is 5.69. The van der Waals surface area contributed by atoms with E-state index in [4.69, 9.17) is 4.74 Å². The molecule has 32 heavy (non-hydrogen) atoms. The van der Waals surface area contributed by atoms with Crippen molar-refractivity contribution >= 4 is 27.3 Å². The second-order valence-corrected chi connectivity index (χ2v) is 10.4. The number of ether oxygens (including phenoxy) is 1. The quantitative estimate of drug-likeness (QED) is 0.411. The molecule has 3 aromatic rings. The van der Waals surface area contributed by atoms with E-state index in [1.54, 1.807) is 18.4 Å². The maximum atomic E-state index is 12.8. The summed E-state index contributed by atoms with van der Waals surface area (Å²) in [5, 5.41) is 4.31. The zero-order chi connectivity index (χ0) is 22.5. The molecule has 2 aromatic carbocycles. The van der Waals surface area contributed by atoms with Gasteiger partial charge in [0, 0.05) is 25.0 Å². The molecule has 0 spiro atoms. The number of carbonyl (C=O) groups excluding carboxylic acids is 1. The van der Waals surface area contributed by atoms with E-state index in [0.717, 1.165) is 29.4 Å². The summed E-state index contributed by atoms with van der Waals surface area (Å²) < 4.78 is 6.43. The number of hydrogen-bond donors (Lipinski definition) is 1. The van der Waals surface area contributed by atoms with Gasteiger partial charge in [0.15, 0.2) is 0 Å². The molecule has 1 N–H and O–H groups in total. The lowest BCUT2D eigenvalue weighted by Crippen LogP contribution is -2.25. The molecule has 1 aliphatic rings. The highest BCUT2D eigenvalue weighted by Gasteiger charge is 2.22. The number of benzene rings is 2. The SMILES string of the molecule is COCCC1CCC(c2ccc(CCNC(=O)c3sc4cc(C)ccc4c3C)cc2)CC1. The molecule has 1 heterocycles. The van der Waals surface area contributed by atoms with E-state index in [-0.39, 0.29) is 5.91 Å². The van der Waals surface area contributed by atoms with Gasteiger partial charge in [-0.2, -0.15) is 0 Å². The van der Waals surface area contributed by atoms with Crippen LogP contribution in [0.4, 0.5) is 0 Å². The van der Waals surface area contributed by atoms with Gasteiger partial charge in [-0.1, -0.05) is 36.4 Å². The highest BCUT2D eigenvalue weighted by atomic mass is 32.1. The van der Waals surface area contributed by atoms with Crippen molar-refractivity contribution in [1.29, 1.82) is 0 Å². The first-order valence-corrected chi connectivity index (χ1v) is 12.7. The van der Waals surface area contributed by atoms with Crippen LogP contribution in [0.15, 0.2) is 42.5 Å². The number of methoxy groups -OCH3 is 1. The van der Waals surface area contributed by atoms with Gasteiger partial charge in [0.1, 0.15) is 0 Å². The largest absolute Gasteiger partial charge is 0.385 e. The van der Waals surface area contributed by atoms with Crippen LogP contribution in [-0.2, 0) is 11.2 Å². The van der Waals surface area contributed by atoms with Crippen molar-refractivity contribution in [2.45, 2.75) is 58.3 Å². The predicted octanol–water partition coefficient (Wildman–Crippen LogP) is 6.80. The fraction of sp³-hybridized carbons (Fsp3) is 0.464. The molecule has 0 unspecified atom stereocenters. The van der Waals surface area contributed by atoms with Crippen molar-refractivity contribution in [3.63, 3.8) is 0 Å². The summed E-state index contributed by atoms with van der Waals surface area (Å²) >= 11 is 1.60. The molecule has 4 heteroatoms. The molecule has 0 radical (unpaired) electrons. The molecule has 1 saturated carbocycles. The molecule has 1 fully saturated rings. The van der Waals surface area contributed by atoms with E-state index in [1.807, 2.05) is 6.92 Å². The van der Waals surface area contributed by atoms with E-state index >= 15 is 0 Å². The lowest BCUT2D eigenvalue weighted by molar-refractivity contribution is 0.0957. The zero-order valence-electron chi connectivity index (χ0n) is 19.6. The Labute approximate surface area is 196 Å². The zero-order valence-corrected chi connectivity index (χ0v) is 20.4. The average Bonchev–Trinajstić information content (AvgIpc) is 3.14. The summed E-state index contributed by atoms with van der Waals surface area (Å²) in [6, 6.07) is 15.5. The summed E-state index contributed by atoms with van der Waals surface area (Å²) in [5.41, 5.74) is 5.07. The van der Waals surface area contributed by atoms with Crippen LogP contribution in [0.3, 0.4) is 0 Å². The van der Waals surface area contributed by atoms with Crippen LogP contribution < -0.4 is 5.32 Å². The third-order valence-electron chi connectivity index (χ3n) is 7.03. The van der Waals surface area contributed by atoms with E-state index in [9.17, 15) is 4.79 Å². The predicted molar refractivity (Wildman–Crippen MR) is 135 cm³/mol. The smallest absolute Gasteiger partial charge is 0.261 e. The van der Waals surface area contributed by atoms with Gasteiger partial charge in [0.05, 0.1) is 4.88 Å². The van der Waals surface area contributed by atoms with E-state index in [0.29, 0.717) is 12.5 Å². The highest BCUT2D eigenvalue weighted by molar-refractivity contribution is 7.21. The average molecular weight is 450 g/mol. The van der Waals surface area contributed by atoms with Gasteiger partial charge in [-0.25, -0.2) is 0 Å². The third kappa shape index (κ3) is 5.41. The Morgan fingerprint density at radius 3 is 2.53 bits per heavy atom. The lowest BCUT2D eigenvalue weighted by Gasteiger charge is -2.28. The first-order chi connectivity index (χ1) is 15.5. The van der Waals surface area contributed by atoms with Crippen molar-refractivity contribution < 1.29 is 9.53 Å². The number of fused-ring (bicyclic) bond motifs is 1. The summed E-state index contributed by atoms with van der Waals surface area (Å²) in [4.78, 5) is 13.6. The highest BCUT2D eigenvalue weighted by Crippen LogP contribution is 2.37. The minimum absolute atomic E-state index is 0.0446. The van der Waals surface area contributed by atoms with Gasteiger partial charge in [-0.05, 0) is 97.9 Å². The molecule has 0 atom stereocenters. The molecule has 170 valence electrons. The minimum atomic E-state index is 0.0446. The molecule has 1 aliphatic carbocycles. The molecule has 0 bridgehead atoms. The Morgan fingerprint density at radius 1 is 1.06 bits per heavy atom. The first kappa shape index (κ1) is 23.0. The monoisotopic (exact) mass is 449 g/mol. The molecule has 1 amide bonds. The first-order valence-electron chi connectivity index (χ1n) is 11.9. The van der Waals surface area contributed by atoms with Crippen molar-refractivity contribution in [1.82, 2.24) is 5.32 Å². The molecule has 1 aromatic heterocycles. The maximum Gasteiger partial charge on any atom is 0.261 e. The van der Waals surface area contributed by atoms with Crippen molar-refractivity contribution in [3.8, 4) is 0 Å². The van der Waals surface area contributed by atoms with Crippen LogP contribution in [0.1, 0.15) is 69.9 Å². The number of nitrogens with one attached hydrogen (secondary N) is 1. The molecular formula is C28H35NO2S. The number of rotatable bonds is 8. The Bertz CT molecular complexity index is 1050. The number of carbonyl (C=O) groups is 1. The normalized spacial score (nSPS) is 18.7. The number of aryl methyl sites for hydroxylation is 2. The summed E-state index contributed by atoms with van der Waals surface area (Å²) in [6.07, 6.45) is 7.28. The molecule has 0 saturated heterocycles. The molecular weight excluding hydrogens is 414 g/mol. The minimum Gasteiger partial charge on any atom is -0.385 e. The van der Waals surface area contributed by atoms with Gasteiger partial charge in [0.2, 0.25) is 0 Å². The summed E-state index contributed by atoms with van der Waals surface area (Å²) in [5.74, 6) is 1.58. The van der Waals surface area contributed by atoms with Crippen molar-refractivity contribution in [2.75, 3.05) is 20.3 Å². The second kappa shape index (κ2) is 10.6. The Balaban J connectivity index is 1.27. The number of hydrogen-bond acceptors (Lipinski definition) is 3. The maximum absolute atomic E-state index is 12.8. The van der Waals surface area contributed by atoms with Gasteiger partial charge >= 0.3 is 0 Å². The number of thiophene rings is 1. The van der Waals surface area contributed by atoms with Crippen LogP contribution in [0.5, 0.6) is 0 Å². The fourth-order valence-corrected chi connectivity index (χ4v) is 6.20. The van der Waals surface area contributed by atoms with Crippen LogP contribution in [0, 0.1) is 19.8 Å². The third-order valence-corrected chi connectivity index (χ3v) is 8.28. The van der Waals surface area contributed by atoms with Gasteiger partial charge in [-0.3, -0.25) is 4.79 Å². The van der Waals surface area contributed by atoms with Gasteiger partial charge < -0.3 is 10.1 Å². The van der Waals surface area contributed by atoms with E-state index in [2.05, 4.69) is 54.7 Å². The summed E-state index contributed by atoms with van der Waals surface area (Å²) in [7, 11) is 1.80. The molecule has 0 aliphatic heterocycles. The van der Waals surface area contributed by atoms with Crippen molar-refractivity contribution in [2.24, 2.45) is 5.92 Å². The van der Waals surface area contributed by atoms with Crippen LogP contribution in [0.2, 0.25) is 0 Å². The van der Waals surface area contributed by atoms with E-state index in [1.165, 1.54) is 58.9 Å².